The summed E-state index contributed by atoms with van der Waals surface area (Å²) in [4.78, 5) is 15.3. The van der Waals surface area contributed by atoms with Crippen LogP contribution in [0.3, 0.4) is 0 Å². The Labute approximate surface area is 118 Å². The highest BCUT2D eigenvalue weighted by molar-refractivity contribution is 5.81. The number of imidazole rings is 1. The fourth-order valence-corrected chi connectivity index (χ4v) is 1.96. The van der Waals surface area contributed by atoms with Crippen LogP contribution in [-0.2, 0) is 17.5 Å². The number of fused-ring (bicyclic) bond motifs is 1. The maximum absolute atomic E-state index is 13.0. The van der Waals surface area contributed by atoms with Crippen molar-refractivity contribution in [2.75, 3.05) is 13.2 Å². The van der Waals surface area contributed by atoms with Crippen molar-refractivity contribution in [2.24, 2.45) is 0 Å². The number of aliphatic hydroxyl groups is 1. The summed E-state index contributed by atoms with van der Waals surface area (Å²) in [5.41, 5.74) is 0.440. The number of rotatable bonds is 5. The van der Waals surface area contributed by atoms with Gasteiger partial charge < -0.3 is 15.0 Å². The van der Waals surface area contributed by atoms with Crippen molar-refractivity contribution in [3.63, 3.8) is 0 Å². The standard InChI is InChI=1S/C13H14F3N3O2/c14-13(15,16)12-18-9-4-1-2-5-10(9)19(12)8-11(21)17-6-3-7-20/h1-2,4-5,20H,3,6-8H2,(H,17,21). The topological polar surface area (TPSA) is 67.2 Å². The average molecular weight is 301 g/mol. The van der Waals surface area contributed by atoms with E-state index in [4.69, 9.17) is 5.11 Å². The molecule has 8 heteroatoms. The summed E-state index contributed by atoms with van der Waals surface area (Å²) in [5, 5.41) is 11.1. The van der Waals surface area contributed by atoms with E-state index < -0.39 is 24.5 Å². The van der Waals surface area contributed by atoms with Crippen LogP contribution in [0.15, 0.2) is 24.3 Å². The lowest BCUT2D eigenvalue weighted by Gasteiger charge is -2.11. The first kappa shape index (κ1) is 15.3. The molecule has 0 bridgehead atoms. The quantitative estimate of drug-likeness (QED) is 0.824. The highest BCUT2D eigenvalue weighted by Gasteiger charge is 2.37. The molecule has 21 heavy (non-hydrogen) atoms. The van der Waals surface area contributed by atoms with Gasteiger partial charge in [-0.15, -0.1) is 0 Å². The highest BCUT2D eigenvalue weighted by Crippen LogP contribution is 2.31. The number of carbonyl (C=O) groups excluding carboxylic acids is 1. The number of nitrogens with zero attached hydrogens (tertiary/aromatic N) is 2. The maximum atomic E-state index is 13.0. The normalized spacial score (nSPS) is 11.8. The van der Waals surface area contributed by atoms with Crippen molar-refractivity contribution in [1.29, 1.82) is 0 Å². The number of para-hydroxylation sites is 2. The van der Waals surface area contributed by atoms with Gasteiger partial charge >= 0.3 is 6.18 Å². The Balaban J connectivity index is 2.30. The zero-order valence-electron chi connectivity index (χ0n) is 11.0. The van der Waals surface area contributed by atoms with Crippen LogP contribution in [0.1, 0.15) is 12.2 Å². The number of alkyl halides is 3. The molecular formula is C13H14F3N3O2. The minimum Gasteiger partial charge on any atom is -0.396 e. The minimum atomic E-state index is -4.63. The molecule has 1 aromatic carbocycles. The van der Waals surface area contributed by atoms with Crippen LogP contribution in [0.5, 0.6) is 0 Å². The van der Waals surface area contributed by atoms with Crippen LogP contribution in [-0.4, -0.2) is 33.7 Å². The Hall–Kier alpha value is -2.09. The predicted molar refractivity (Wildman–Crippen MR) is 69.4 cm³/mol. The number of aromatic nitrogens is 2. The number of carbonyl (C=O) groups is 1. The lowest BCUT2D eigenvalue weighted by Crippen LogP contribution is -2.30. The zero-order valence-corrected chi connectivity index (χ0v) is 11.0. The molecule has 0 saturated carbocycles. The third-order valence-corrected chi connectivity index (χ3v) is 2.87. The van der Waals surface area contributed by atoms with E-state index in [2.05, 4.69) is 10.3 Å². The molecule has 1 aromatic heterocycles. The van der Waals surface area contributed by atoms with Crippen molar-refractivity contribution in [3.05, 3.63) is 30.1 Å². The molecule has 0 saturated heterocycles. The van der Waals surface area contributed by atoms with Crippen molar-refractivity contribution < 1.29 is 23.1 Å². The molecule has 0 atom stereocenters. The smallest absolute Gasteiger partial charge is 0.396 e. The third-order valence-electron chi connectivity index (χ3n) is 2.87. The van der Waals surface area contributed by atoms with Gasteiger partial charge in [0.15, 0.2) is 0 Å². The molecule has 0 aliphatic heterocycles. The number of aliphatic hydroxyl groups excluding tert-OH is 1. The van der Waals surface area contributed by atoms with Gasteiger partial charge in [0.05, 0.1) is 11.0 Å². The summed E-state index contributed by atoms with van der Waals surface area (Å²) < 4.78 is 39.8. The molecule has 0 unspecified atom stereocenters. The molecule has 0 aliphatic rings. The number of nitrogens with one attached hydrogen (secondary N) is 1. The number of amides is 1. The summed E-state index contributed by atoms with van der Waals surface area (Å²) in [6.45, 7) is -0.355. The molecule has 0 fully saturated rings. The fourth-order valence-electron chi connectivity index (χ4n) is 1.96. The van der Waals surface area contributed by atoms with Gasteiger partial charge in [0.25, 0.3) is 0 Å². The summed E-state index contributed by atoms with van der Waals surface area (Å²) in [5.74, 6) is -1.65. The second kappa shape index (κ2) is 6.13. The van der Waals surface area contributed by atoms with Crippen LogP contribution in [0.2, 0.25) is 0 Å². The summed E-state index contributed by atoms with van der Waals surface area (Å²) in [7, 11) is 0. The zero-order chi connectivity index (χ0) is 15.5. The maximum Gasteiger partial charge on any atom is 0.449 e. The van der Waals surface area contributed by atoms with E-state index in [1.807, 2.05) is 0 Å². The van der Waals surface area contributed by atoms with Crippen molar-refractivity contribution >= 4 is 16.9 Å². The third kappa shape index (κ3) is 3.52. The van der Waals surface area contributed by atoms with E-state index in [1.54, 1.807) is 12.1 Å². The molecule has 0 radical (unpaired) electrons. The largest absolute Gasteiger partial charge is 0.449 e. The Morgan fingerprint density at radius 2 is 2.05 bits per heavy atom. The Morgan fingerprint density at radius 3 is 2.71 bits per heavy atom. The number of halogens is 3. The van der Waals surface area contributed by atoms with Crippen molar-refractivity contribution in [3.8, 4) is 0 Å². The van der Waals surface area contributed by atoms with Crippen LogP contribution in [0, 0.1) is 0 Å². The molecule has 114 valence electrons. The number of hydrogen-bond donors (Lipinski definition) is 2. The SMILES string of the molecule is O=C(Cn1c(C(F)(F)F)nc2ccccc21)NCCCO. The average Bonchev–Trinajstić information content (AvgIpc) is 2.78. The fraction of sp³-hybridized carbons (Fsp3) is 0.385. The Bertz CT molecular complexity index is 637. The van der Waals surface area contributed by atoms with Crippen LogP contribution in [0.25, 0.3) is 11.0 Å². The van der Waals surface area contributed by atoms with Crippen LogP contribution in [0.4, 0.5) is 13.2 Å². The number of benzene rings is 1. The first-order chi connectivity index (χ1) is 9.93. The van der Waals surface area contributed by atoms with E-state index >= 15 is 0 Å². The van der Waals surface area contributed by atoms with Gasteiger partial charge in [-0.25, -0.2) is 4.98 Å². The Morgan fingerprint density at radius 1 is 1.33 bits per heavy atom. The van der Waals surface area contributed by atoms with Crippen molar-refractivity contribution in [1.82, 2.24) is 14.9 Å². The van der Waals surface area contributed by atoms with E-state index in [9.17, 15) is 18.0 Å². The van der Waals surface area contributed by atoms with Gasteiger partial charge in [0.1, 0.15) is 6.54 Å². The molecule has 0 spiro atoms. The monoisotopic (exact) mass is 301 g/mol. The van der Waals surface area contributed by atoms with E-state index in [1.165, 1.54) is 12.1 Å². The van der Waals surface area contributed by atoms with E-state index in [0.29, 0.717) is 6.42 Å². The van der Waals surface area contributed by atoms with Crippen LogP contribution >= 0.6 is 0 Å². The highest BCUT2D eigenvalue weighted by atomic mass is 19.4. The van der Waals surface area contributed by atoms with Gasteiger partial charge in [0.2, 0.25) is 11.7 Å². The molecule has 1 amide bonds. The van der Waals surface area contributed by atoms with Gasteiger partial charge in [-0.05, 0) is 18.6 Å². The molecule has 2 N–H and O–H groups in total. The summed E-state index contributed by atoms with van der Waals surface area (Å²) >= 11 is 0. The first-order valence-corrected chi connectivity index (χ1v) is 6.33. The van der Waals surface area contributed by atoms with Gasteiger partial charge in [-0.2, -0.15) is 13.2 Å². The molecule has 5 nitrogen and oxygen atoms in total. The van der Waals surface area contributed by atoms with E-state index in [-0.39, 0.29) is 24.2 Å². The molecule has 0 aliphatic carbocycles. The van der Waals surface area contributed by atoms with Gasteiger partial charge in [-0.3, -0.25) is 4.79 Å². The minimum absolute atomic E-state index is 0.0952. The summed E-state index contributed by atoms with van der Waals surface area (Å²) in [6.07, 6.45) is -4.28. The second-order valence-corrected chi connectivity index (χ2v) is 4.44. The molecular weight excluding hydrogens is 287 g/mol. The second-order valence-electron chi connectivity index (χ2n) is 4.44. The van der Waals surface area contributed by atoms with Crippen molar-refractivity contribution in [2.45, 2.75) is 19.1 Å². The molecule has 1 heterocycles. The lowest BCUT2D eigenvalue weighted by atomic mass is 10.3. The predicted octanol–water partition coefficient (Wildman–Crippen LogP) is 1.55. The molecule has 2 aromatic rings. The van der Waals surface area contributed by atoms with E-state index in [0.717, 1.165) is 4.57 Å². The van der Waals surface area contributed by atoms with Crippen LogP contribution < -0.4 is 5.32 Å². The summed E-state index contributed by atoms with van der Waals surface area (Å²) in [6, 6.07) is 6.12. The van der Waals surface area contributed by atoms with Gasteiger partial charge in [0, 0.05) is 13.2 Å². The molecule has 2 rings (SSSR count). The number of hydrogen-bond acceptors (Lipinski definition) is 3. The first-order valence-electron chi connectivity index (χ1n) is 6.33. The Kier molecular flexibility index (Phi) is 4.46. The lowest BCUT2D eigenvalue weighted by molar-refractivity contribution is -0.147. The van der Waals surface area contributed by atoms with Gasteiger partial charge in [-0.1, -0.05) is 12.1 Å².